The van der Waals surface area contributed by atoms with E-state index in [1.54, 1.807) is 30.1 Å². The Morgan fingerprint density at radius 3 is 3.15 bits per heavy atom. The van der Waals surface area contributed by atoms with Gasteiger partial charge in [-0.15, -0.1) is 0 Å². The smallest absolute Gasteiger partial charge is 0.242 e. The Labute approximate surface area is 126 Å². The summed E-state index contributed by atoms with van der Waals surface area (Å²) < 4.78 is 0. The van der Waals surface area contributed by atoms with Crippen LogP contribution in [0, 0.1) is 0 Å². The molecule has 2 N–H and O–H groups in total. The average molecular weight is 308 g/mol. The number of carbonyl (C=O) groups is 1. The second-order valence-corrected chi connectivity index (χ2v) is 6.12. The molecule has 0 spiro atoms. The van der Waals surface area contributed by atoms with Crippen molar-refractivity contribution >= 4 is 45.9 Å². The molecule has 1 saturated heterocycles. The summed E-state index contributed by atoms with van der Waals surface area (Å²) in [5, 5.41) is 7.65. The highest BCUT2D eigenvalue weighted by Crippen LogP contribution is 2.28. The van der Waals surface area contributed by atoms with Gasteiger partial charge in [-0.2, -0.15) is 11.8 Å². The summed E-state index contributed by atoms with van der Waals surface area (Å²) in [5.41, 5.74) is 1.42. The lowest BCUT2D eigenvalue weighted by atomic mass is 10.2. The Morgan fingerprint density at radius 1 is 1.45 bits per heavy atom. The van der Waals surface area contributed by atoms with Gasteiger partial charge in [0.15, 0.2) is 0 Å². The first-order valence-corrected chi connectivity index (χ1v) is 7.94. The average Bonchev–Trinajstić information content (AvgIpc) is 2.51. The standard InChI is InChI=1S/C14H14ClN3OS/c15-10-3-4-11(13-9(10)2-1-5-17-13)18-14(19)12-8-20-7-6-16-12/h1-5,12,16H,6-8H2,(H,18,19). The molecule has 20 heavy (non-hydrogen) atoms. The third-order valence-electron chi connectivity index (χ3n) is 3.21. The van der Waals surface area contributed by atoms with Crippen molar-refractivity contribution in [3.05, 3.63) is 35.5 Å². The maximum absolute atomic E-state index is 12.2. The van der Waals surface area contributed by atoms with Gasteiger partial charge in [0.2, 0.25) is 5.91 Å². The summed E-state index contributed by atoms with van der Waals surface area (Å²) in [4.78, 5) is 16.6. The fraction of sp³-hybridized carbons (Fsp3) is 0.286. The van der Waals surface area contributed by atoms with Gasteiger partial charge in [-0.1, -0.05) is 11.6 Å². The number of carbonyl (C=O) groups excluding carboxylic acids is 1. The fourth-order valence-electron chi connectivity index (χ4n) is 2.19. The number of thioether (sulfide) groups is 1. The van der Waals surface area contributed by atoms with E-state index in [1.807, 2.05) is 12.1 Å². The number of pyridine rings is 1. The number of hydrogen-bond donors (Lipinski definition) is 2. The maximum Gasteiger partial charge on any atom is 0.242 e. The van der Waals surface area contributed by atoms with Gasteiger partial charge >= 0.3 is 0 Å². The molecule has 0 aliphatic carbocycles. The lowest BCUT2D eigenvalue weighted by molar-refractivity contribution is -0.117. The van der Waals surface area contributed by atoms with Gasteiger partial charge in [-0.25, -0.2) is 0 Å². The second kappa shape index (κ2) is 5.99. The minimum absolute atomic E-state index is 0.0218. The van der Waals surface area contributed by atoms with Crippen LogP contribution in [-0.2, 0) is 4.79 Å². The topological polar surface area (TPSA) is 54.0 Å². The molecular weight excluding hydrogens is 294 g/mol. The van der Waals surface area contributed by atoms with E-state index in [0.717, 1.165) is 29.0 Å². The number of rotatable bonds is 2. The zero-order valence-electron chi connectivity index (χ0n) is 10.7. The van der Waals surface area contributed by atoms with Crippen LogP contribution in [0.4, 0.5) is 5.69 Å². The number of hydrogen-bond acceptors (Lipinski definition) is 4. The molecule has 1 unspecified atom stereocenters. The van der Waals surface area contributed by atoms with Crippen molar-refractivity contribution in [2.75, 3.05) is 23.4 Å². The fourth-order valence-corrected chi connectivity index (χ4v) is 3.34. The van der Waals surface area contributed by atoms with E-state index < -0.39 is 0 Å². The lowest BCUT2D eigenvalue weighted by Crippen LogP contribution is -2.46. The number of anilines is 1. The minimum atomic E-state index is -0.150. The first-order valence-electron chi connectivity index (χ1n) is 6.41. The molecule has 6 heteroatoms. The molecule has 2 heterocycles. The third kappa shape index (κ3) is 2.75. The summed E-state index contributed by atoms with van der Waals surface area (Å²) in [6.45, 7) is 0.863. The molecule has 0 radical (unpaired) electrons. The predicted molar refractivity (Wildman–Crippen MR) is 84.5 cm³/mol. The molecule has 1 amide bonds. The monoisotopic (exact) mass is 307 g/mol. The summed E-state index contributed by atoms with van der Waals surface area (Å²) in [6.07, 6.45) is 1.70. The number of aromatic nitrogens is 1. The van der Waals surface area contributed by atoms with E-state index in [9.17, 15) is 4.79 Å². The number of fused-ring (bicyclic) bond motifs is 1. The van der Waals surface area contributed by atoms with Crippen LogP contribution >= 0.6 is 23.4 Å². The zero-order chi connectivity index (χ0) is 13.9. The van der Waals surface area contributed by atoms with Gasteiger partial charge in [-0.3, -0.25) is 9.78 Å². The number of nitrogens with one attached hydrogen (secondary N) is 2. The lowest BCUT2D eigenvalue weighted by Gasteiger charge is -2.22. The van der Waals surface area contributed by atoms with E-state index in [4.69, 9.17) is 11.6 Å². The van der Waals surface area contributed by atoms with Crippen LogP contribution in [0.25, 0.3) is 10.9 Å². The van der Waals surface area contributed by atoms with E-state index in [2.05, 4.69) is 15.6 Å². The summed E-state index contributed by atoms with van der Waals surface area (Å²) in [7, 11) is 0. The summed E-state index contributed by atoms with van der Waals surface area (Å²) >= 11 is 7.93. The molecule has 1 atom stereocenters. The molecule has 1 aliphatic rings. The summed E-state index contributed by atoms with van der Waals surface area (Å²) in [5.74, 6) is 1.83. The molecule has 1 fully saturated rings. The number of amides is 1. The van der Waals surface area contributed by atoms with E-state index >= 15 is 0 Å². The van der Waals surface area contributed by atoms with Gasteiger partial charge in [0.05, 0.1) is 22.3 Å². The number of benzene rings is 1. The first-order chi connectivity index (χ1) is 9.75. The van der Waals surface area contributed by atoms with Gasteiger partial charge < -0.3 is 10.6 Å². The van der Waals surface area contributed by atoms with Gasteiger partial charge in [0.25, 0.3) is 0 Å². The molecule has 0 saturated carbocycles. The Kier molecular flexibility index (Phi) is 4.10. The first kappa shape index (κ1) is 13.7. The normalized spacial score (nSPS) is 18.9. The van der Waals surface area contributed by atoms with E-state index in [1.165, 1.54) is 0 Å². The molecule has 104 valence electrons. The SMILES string of the molecule is O=C(Nc1ccc(Cl)c2cccnc12)C1CSCCN1. The van der Waals surface area contributed by atoms with Crippen LogP contribution in [-0.4, -0.2) is 35.0 Å². The van der Waals surface area contributed by atoms with Crippen LogP contribution in [0.3, 0.4) is 0 Å². The highest BCUT2D eigenvalue weighted by Gasteiger charge is 2.21. The quantitative estimate of drug-likeness (QED) is 0.895. The molecule has 1 aromatic carbocycles. The molecule has 4 nitrogen and oxygen atoms in total. The minimum Gasteiger partial charge on any atom is -0.323 e. The van der Waals surface area contributed by atoms with Crippen molar-refractivity contribution in [3.8, 4) is 0 Å². The molecule has 0 bridgehead atoms. The van der Waals surface area contributed by atoms with Crippen LogP contribution in [0.15, 0.2) is 30.5 Å². The number of halogens is 1. The Hall–Kier alpha value is -1.30. The van der Waals surface area contributed by atoms with Crippen molar-refractivity contribution < 1.29 is 4.79 Å². The Morgan fingerprint density at radius 2 is 2.35 bits per heavy atom. The van der Waals surface area contributed by atoms with Gasteiger partial charge in [0, 0.05) is 29.6 Å². The predicted octanol–water partition coefficient (Wildman–Crippen LogP) is 2.53. The second-order valence-electron chi connectivity index (χ2n) is 4.57. The van der Waals surface area contributed by atoms with Crippen LogP contribution in [0.1, 0.15) is 0 Å². The van der Waals surface area contributed by atoms with Crippen molar-refractivity contribution in [3.63, 3.8) is 0 Å². The maximum atomic E-state index is 12.2. The zero-order valence-corrected chi connectivity index (χ0v) is 12.3. The Bertz CT molecular complexity index is 643. The molecule has 3 rings (SSSR count). The van der Waals surface area contributed by atoms with Gasteiger partial charge in [0.1, 0.15) is 0 Å². The van der Waals surface area contributed by atoms with Crippen molar-refractivity contribution in [1.82, 2.24) is 10.3 Å². The van der Waals surface area contributed by atoms with Crippen LogP contribution < -0.4 is 10.6 Å². The largest absolute Gasteiger partial charge is 0.323 e. The van der Waals surface area contributed by atoms with E-state index in [-0.39, 0.29) is 11.9 Å². The van der Waals surface area contributed by atoms with Gasteiger partial charge in [-0.05, 0) is 24.3 Å². The van der Waals surface area contributed by atoms with Crippen molar-refractivity contribution in [2.24, 2.45) is 0 Å². The highest BCUT2D eigenvalue weighted by atomic mass is 35.5. The van der Waals surface area contributed by atoms with Crippen molar-refractivity contribution in [2.45, 2.75) is 6.04 Å². The number of nitrogens with zero attached hydrogens (tertiary/aromatic N) is 1. The van der Waals surface area contributed by atoms with Crippen LogP contribution in [0.5, 0.6) is 0 Å². The van der Waals surface area contributed by atoms with Crippen LogP contribution in [0.2, 0.25) is 5.02 Å². The molecular formula is C14H14ClN3OS. The molecule has 2 aromatic rings. The molecule has 1 aromatic heterocycles. The highest BCUT2D eigenvalue weighted by molar-refractivity contribution is 7.99. The Balaban J connectivity index is 1.87. The third-order valence-corrected chi connectivity index (χ3v) is 4.60. The van der Waals surface area contributed by atoms with E-state index in [0.29, 0.717) is 10.7 Å². The van der Waals surface area contributed by atoms with Crippen molar-refractivity contribution in [1.29, 1.82) is 0 Å². The summed E-state index contributed by atoms with van der Waals surface area (Å²) in [6, 6.07) is 7.16. The molecule has 1 aliphatic heterocycles.